The molecule has 0 bridgehead atoms. The van der Waals surface area contributed by atoms with Crippen molar-refractivity contribution in [1.82, 2.24) is 9.55 Å². The van der Waals surface area contributed by atoms with Crippen LogP contribution in [0.4, 0.5) is 0 Å². The van der Waals surface area contributed by atoms with Gasteiger partial charge >= 0.3 is 6.01 Å². The summed E-state index contributed by atoms with van der Waals surface area (Å²) in [6.45, 7) is 1.99. The van der Waals surface area contributed by atoms with E-state index >= 15 is 0 Å². The number of benzene rings is 1. The molecule has 0 radical (unpaired) electrons. The molecule has 0 aliphatic rings. The molecule has 2 aromatic rings. The van der Waals surface area contributed by atoms with Gasteiger partial charge < -0.3 is 4.74 Å². The Kier molecular flexibility index (Phi) is 2.64. The van der Waals surface area contributed by atoms with Crippen LogP contribution in [0.1, 0.15) is 5.56 Å². The SMILES string of the molecule is Cc1ccccc1Oc1ncc(Cl)n1C. The molecule has 0 aliphatic carbocycles. The van der Waals surface area contributed by atoms with Crippen LogP contribution in [0.2, 0.25) is 5.15 Å². The Morgan fingerprint density at radius 1 is 1.33 bits per heavy atom. The summed E-state index contributed by atoms with van der Waals surface area (Å²) in [5.41, 5.74) is 1.07. The number of ether oxygens (including phenoxy) is 1. The van der Waals surface area contributed by atoms with E-state index in [9.17, 15) is 0 Å². The molecule has 0 N–H and O–H groups in total. The molecule has 0 fully saturated rings. The molecule has 1 aromatic carbocycles. The van der Waals surface area contributed by atoms with Crippen molar-refractivity contribution >= 4 is 11.6 Å². The molecule has 1 heterocycles. The van der Waals surface area contributed by atoms with E-state index in [1.165, 1.54) is 0 Å². The third-order valence-electron chi connectivity index (χ3n) is 2.18. The van der Waals surface area contributed by atoms with Gasteiger partial charge in [-0.05, 0) is 18.6 Å². The summed E-state index contributed by atoms with van der Waals surface area (Å²) in [5, 5.41) is 0.554. The Labute approximate surface area is 93.3 Å². The normalized spacial score (nSPS) is 10.3. The second kappa shape index (κ2) is 3.95. The van der Waals surface area contributed by atoms with Crippen molar-refractivity contribution in [2.45, 2.75) is 6.92 Å². The Morgan fingerprint density at radius 2 is 2.07 bits per heavy atom. The fourth-order valence-electron chi connectivity index (χ4n) is 1.24. The van der Waals surface area contributed by atoms with Gasteiger partial charge in [0.2, 0.25) is 0 Å². The first-order valence-corrected chi connectivity index (χ1v) is 4.97. The van der Waals surface area contributed by atoms with E-state index in [2.05, 4.69) is 4.98 Å². The van der Waals surface area contributed by atoms with Crippen molar-refractivity contribution in [3.05, 3.63) is 41.2 Å². The second-order valence-electron chi connectivity index (χ2n) is 3.29. The number of imidazole rings is 1. The van der Waals surface area contributed by atoms with Crippen molar-refractivity contribution in [2.24, 2.45) is 7.05 Å². The van der Waals surface area contributed by atoms with E-state index in [-0.39, 0.29) is 0 Å². The molecule has 78 valence electrons. The molecule has 15 heavy (non-hydrogen) atoms. The predicted octanol–water partition coefficient (Wildman–Crippen LogP) is 3.17. The van der Waals surface area contributed by atoms with Crippen LogP contribution >= 0.6 is 11.6 Å². The molecule has 0 amide bonds. The van der Waals surface area contributed by atoms with Crippen molar-refractivity contribution in [3.63, 3.8) is 0 Å². The average molecular weight is 223 g/mol. The lowest BCUT2D eigenvalue weighted by molar-refractivity contribution is 0.422. The number of aromatic nitrogens is 2. The number of rotatable bonds is 2. The summed E-state index contributed by atoms with van der Waals surface area (Å²) in [6, 6.07) is 8.27. The van der Waals surface area contributed by atoms with Gasteiger partial charge in [-0.1, -0.05) is 29.8 Å². The number of aryl methyl sites for hydroxylation is 1. The topological polar surface area (TPSA) is 27.1 Å². The summed E-state index contributed by atoms with van der Waals surface area (Å²) in [4.78, 5) is 4.06. The monoisotopic (exact) mass is 222 g/mol. The van der Waals surface area contributed by atoms with Crippen LogP contribution in [0.3, 0.4) is 0 Å². The van der Waals surface area contributed by atoms with E-state index < -0.39 is 0 Å². The molecule has 0 saturated carbocycles. The number of hydrogen-bond acceptors (Lipinski definition) is 2. The molecule has 0 unspecified atom stereocenters. The lowest BCUT2D eigenvalue weighted by Gasteiger charge is -2.07. The average Bonchev–Trinajstić information content (AvgIpc) is 2.53. The maximum atomic E-state index is 5.86. The van der Waals surface area contributed by atoms with E-state index in [1.54, 1.807) is 10.8 Å². The molecule has 0 spiro atoms. The van der Waals surface area contributed by atoms with Crippen LogP contribution in [0.25, 0.3) is 0 Å². The maximum absolute atomic E-state index is 5.86. The van der Waals surface area contributed by atoms with Crippen LogP contribution in [-0.2, 0) is 7.05 Å². The number of nitrogens with zero attached hydrogens (tertiary/aromatic N) is 2. The van der Waals surface area contributed by atoms with Crippen LogP contribution in [-0.4, -0.2) is 9.55 Å². The number of hydrogen-bond donors (Lipinski definition) is 0. The maximum Gasteiger partial charge on any atom is 0.302 e. The fourth-order valence-corrected chi connectivity index (χ4v) is 1.36. The quantitative estimate of drug-likeness (QED) is 0.781. The molecule has 4 heteroatoms. The first kappa shape index (κ1) is 10.1. The third-order valence-corrected chi connectivity index (χ3v) is 2.53. The number of halogens is 1. The second-order valence-corrected chi connectivity index (χ2v) is 3.68. The third kappa shape index (κ3) is 1.97. The Balaban J connectivity index is 2.30. The molecule has 3 nitrogen and oxygen atoms in total. The van der Waals surface area contributed by atoms with Gasteiger partial charge in [0, 0.05) is 7.05 Å². The van der Waals surface area contributed by atoms with Gasteiger partial charge in [0.05, 0.1) is 6.20 Å². The van der Waals surface area contributed by atoms with E-state index in [0.717, 1.165) is 11.3 Å². The largest absolute Gasteiger partial charge is 0.425 e. The van der Waals surface area contributed by atoms with Crippen LogP contribution in [0.15, 0.2) is 30.5 Å². The Hall–Kier alpha value is -1.48. The molecular weight excluding hydrogens is 212 g/mol. The zero-order chi connectivity index (χ0) is 10.8. The highest BCUT2D eigenvalue weighted by Crippen LogP contribution is 2.24. The number of para-hydroxylation sites is 1. The van der Waals surface area contributed by atoms with Gasteiger partial charge in [-0.2, -0.15) is 0 Å². The molecule has 0 saturated heterocycles. The molecule has 2 rings (SSSR count). The van der Waals surface area contributed by atoms with Gasteiger partial charge in [-0.25, -0.2) is 4.98 Å². The summed E-state index contributed by atoms with van der Waals surface area (Å²) >= 11 is 5.86. The minimum absolute atomic E-state index is 0.495. The molecule has 1 aromatic heterocycles. The zero-order valence-corrected chi connectivity index (χ0v) is 9.32. The first-order valence-electron chi connectivity index (χ1n) is 4.59. The van der Waals surface area contributed by atoms with Gasteiger partial charge in [-0.3, -0.25) is 4.57 Å². The lowest BCUT2D eigenvalue weighted by Crippen LogP contribution is -1.95. The van der Waals surface area contributed by atoms with Gasteiger partial charge in [-0.15, -0.1) is 0 Å². The highest BCUT2D eigenvalue weighted by Gasteiger charge is 2.07. The molecule has 0 aliphatic heterocycles. The predicted molar refractivity (Wildman–Crippen MR) is 59.5 cm³/mol. The summed E-state index contributed by atoms with van der Waals surface area (Å²) in [5.74, 6) is 0.794. The van der Waals surface area contributed by atoms with Crippen molar-refractivity contribution < 1.29 is 4.74 Å². The standard InChI is InChI=1S/C11H11ClN2O/c1-8-5-3-4-6-9(8)15-11-13-7-10(12)14(11)2/h3-7H,1-2H3. The fraction of sp³-hybridized carbons (Fsp3) is 0.182. The van der Waals surface area contributed by atoms with Crippen molar-refractivity contribution in [1.29, 1.82) is 0 Å². The minimum Gasteiger partial charge on any atom is -0.425 e. The highest BCUT2D eigenvalue weighted by molar-refractivity contribution is 6.29. The van der Waals surface area contributed by atoms with E-state index in [1.807, 2.05) is 38.2 Å². The van der Waals surface area contributed by atoms with Crippen LogP contribution in [0.5, 0.6) is 11.8 Å². The van der Waals surface area contributed by atoms with E-state index in [0.29, 0.717) is 11.2 Å². The van der Waals surface area contributed by atoms with Crippen molar-refractivity contribution in [2.75, 3.05) is 0 Å². The summed E-state index contributed by atoms with van der Waals surface area (Å²) in [6.07, 6.45) is 1.56. The summed E-state index contributed by atoms with van der Waals surface area (Å²) < 4.78 is 7.32. The minimum atomic E-state index is 0.495. The van der Waals surface area contributed by atoms with Gasteiger partial charge in [0.15, 0.2) is 0 Å². The summed E-state index contributed by atoms with van der Waals surface area (Å²) in [7, 11) is 1.81. The molecule has 0 atom stereocenters. The smallest absolute Gasteiger partial charge is 0.302 e. The van der Waals surface area contributed by atoms with Gasteiger partial charge in [0.1, 0.15) is 10.9 Å². The van der Waals surface area contributed by atoms with Crippen molar-refractivity contribution in [3.8, 4) is 11.8 Å². The highest BCUT2D eigenvalue weighted by atomic mass is 35.5. The van der Waals surface area contributed by atoms with Crippen LogP contribution < -0.4 is 4.74 Å². The van der Waals surface area contributed by atoms with Crippen LogP contribution in [0, 0.1) is 6.92 Å². The lowest BCUT2D eigenvalue weighted by atomic mass is 10.2. The van der Waals surface area contributed by atoms with Gasteiger partial charge in [0.25, 0.3) is 0 Å². The Bertz CT molecular complexity index is 479. The zero-order valence-electron chi connectivity index (χ0n) is 8.57. The molecular formula is C11H11ClN2O. The Morgan fingerprint density at radius 3 is 2.67 bits per heavy atom. The first-order chi connectivity index (χ1) is 7.18. The van der Waals surface area contributed by atoms with E-state index in [4.69, 9.17) is 16.3 Å².